The smallest absolute Gasteiger partial charge is 0.475 e. The molecule has 0 fully saturated rings. The van der Waals surface area contributed by atoms with Gasteiger partial charge in [0, 0.05) is 6.42 Å². The number of alkyl halides is 3. The quantitative estimate of drug-likeness (QED) is 0.344. The van der Waals surface area contributed by atoms with E-state index in [-0.39, 0.29) is 38.2 Å². The molecule has 0 amide bonds. The normalized spacial score (nSPS) is 19.9. The fraction of sp³-hybridized carbons (Fsp3) is 0.444. The monoisotopic (exact) mass is 465 g/mol. The summed E-state index contributed by atoms with van der Waals surface area (Å²) in [5, 5.41) is 0.771. The lowest BCUT2D eigenvalue weighted by Crippen LogP contribution is -2.40. The number of ether oxygens (including phenoxy) is 2. The molecule has 3 rings (SSSR count). The molecule has 1 aliphatic carbocycles. The van der Waals surface area contributed by atoms with Crippen molar-refractivity contribution in [1.29, 1.82) is 0 Å². The molecule has 30 heavy (non-hydrogen) atoms. The van der Waals surface area contributed by atoms with Gasteiger partial charge in [0.1, 0.15) is 17.8 Å². The maximum atomic E-state index is 12.6. The van der Waals surface area contributed by atoms with Crippen LogP contribution in [0.2, 0.25) is 0 Å². The summed E-state index contributed by atoms with van der Waals surface area (Å²) >= 11 is 1.23. The van der Waals surface area contributed by atoms with Crippen molar-refractivity contribution in [1.82, 2.24) is 4.37 Å². The average molecular weight is 465 g/mol. The predicted octanol–water partition coefficient (Wildman–Crippen LogP) is 4.16. The molecule has 1 aromatic carbocycles. The zero-order chi connectivity index (χ0) is 22.0. The highest BCUT2D eigenvalue weighted by Gasteiger charge is 2.50. The number of esters is 1. The largest absolute Gasteiger partial charge is 0.534 e. The highest BCUT2D eigenvalue weighted by molar-refractivity contribution is 7.87. The van der Waals surface area contributed by atoms with Crippen LogP contribution in [0, 0.1) is 5.41 Å². The Labute approximate surface area is 174 Å². The number of aromatic nitrogens is 1. The molecule has 12 heteroatoms. The predicted molar refractivity (Wildman–Crippen MR) is 102 cm³/mol. The topological polar surface area (TPSA) is 91.8 Å². The van der Waals surface area contributed by atoms with Crippen LogP contribution in [-0.4, -0.2) is 37.5 Å². The molecule has 0 aliphatic heterocycles. The molecule has 0 radical (unpaired) electrons. The average Bonchev–Trinajstić information content (AvgIpc) is 3.10. The van der Waals surface area contributed by atoms with Gasteiger partial charge in [-0.2, -0.15) is 26.0 Å². The molecule has 0 bridgehead atoms. The van der Waals surface area contributed by atoms with E-state index in [1.807, 2.05) is 24.3 Å². The van der Waals surface area contributed by atoms with Crippen molar-refractivity contribution in [3.8, 4) is 5.88 Å². The van der Waals surface area contributed by atoms with Crippen LogP contribution in [0.15, 0.2) is 36.1 Å². The Balaban J connectivity index is 1.79. The Morgan fingerprint density at radius 3 is 2.67 bits per heavy atom. The van der Waals surface area contributed by atoms with E-state index in [4.69, 9.17) is 9.47 Å². The van der Waals surface area contributed by atoms with Crippen molar-refractivity contribution in [3.05, 3.63) is 36.1 Å². The van der Waals surface area contributed by atoms with Crippen LogP contribution in [0.5, 0.6) is 5.88 Å². The molecule has 2 aromatic rings. The van der Waals surface area contributed by atoms with Gasteiger partial charge in [0.15, 0.2) is 0 Å². The van der Waals surface area contributed by atoms with Crippen LogP contribution in [0.4, 0.5) is 13.2 Å². The molecule has 1 unspecified atom stereocenters. The Bertz CT molecular complexity index is 1060. The molecule has 7 nitrogen and oxygen atoms in total. The molecule has 1 atom stereocenters. The summed E-state index contributed by atoms with van der Waals surface area (Å²) in [4.78, 5) is 12.6. The van der Waals surface area contributed by atoms with E-state index < -0.39 is 27.0 Å². The third-order valence-corrected chi connectivity index (χ3v) is 6.42. The van der Waals surface area contributed by atoms with Crippen molar-refractivity contribution < 1.29 is 40.0 Å². The third-order valence-electron chi connectivity index (χ3n) is 4.61. The van der Waals surface area contributed by atoms with Gasteiger partial charge >= 0.3 is 21.6 Å². The Morgan fingerprint density at radius 1 is 1.30 bits per heavy atom. The number of hydrogen-bond donors (Lipinski definition) is 0. The van der Waals surface area contributed by atoms with Gasteiger partial charge < -0.3 is 13.7 Å². The minimum Gasteiger partial charge on any atom is -0.475 e. The van der Waals surface area contributed by atoms with Gasteiger partial charge in [0.25, 0.3) is 0 Å². The van der Waals surface area contributed by atoms with Gasteiger partial charge in [0.05, 0.1) is 16.7 Å². The molecule has 1 heterocycles. The number of carbonyl (C=O) groups excluding carboxylic acids is 1. The summed E-state index contributed by atoms with van der Waals surface area (Å²) in [6, 6.07) is 7.36. The van der Waals surface area contributed by atoms with Crippen molar-refractivity contribution >= 4 is 37.7 Å². The maximum Gasteiger partial charge on any atom is 0.534 e. The Morgan fingerprint density at radius 2 is 2.03 bits per heavy atom. The van der Waals surface area contributed by atoms with Crippen LogP contribution in [0.25, 0.3) is 10.1 Å². The van der Waals surface area contributed by atoms with Gasteiger partial charge in [-0.25, -0.2) is 0 Å². The summed E-state index contributed by atoms with van der Waals surface area (Å²) in [7, 11) is -5.76. The molecule has 0 spiro atoms. The lowest BCUT2D eigenvalue weighted by atomic mass is 9.77. The fourth-order valence-corrected chi connectivity index (χ4v) is 4.23. The fourth-order valence-electron chi connectivity index (χ4n) is 2.97. The number of fused-ring (bicyclic) bond motifs is 1. The van der Waals surface area contributed by atoms with Gasteiger partial charge in [0.2, 0.25) is 5.88 Å². The second kappa shape index (κ2) is 8.42. The summed E-state index contributed by atoms with van der Waals surface area (Å²) < 4.78 is 80.3. The highest BCUT2D eigenvalue weighted by atomic mass is 32.2. The first-order chi connectivity index (χ1) is 14.1. The number of allylic oxidation sites excluding steroid dienone is 2. The first kappa shape index (κ1) is 22.3. The summed E-state index contributed by atoms with van der Waals surface area (Å²) in [6.45, 7) is 1.61. The lowest BCUT2D eigenvalue weighted by molar-refractivity contribution is -0.158. The number of carbonyl (C=O) groups is 1. The summed E-state index contributed by atoms with van der Waals surface area (Å²) in [5.74, 6) is -0.616. The molecular weight excluding hydrogens is 447 g/mol. The van der Waals surface area contributed by atoms with Crippen LogP contribution in [0.3, 0.4) is 0 Å². The number of rotatable bonds is 7. The number of benzene rings is 1. The van der Waals surface area contributed by atoms with Crippen LogP contribution in [0.1, 0.15) is 26.2 Å². The molecule has 0 N–H and O–H groups in total. The van der Waals surface area contributed by atoms with E-state index in [0.717, 1.165) is 16.2 Å². The standard InChI is InChI=1S/C18H18F3NO6S2/c1-2-26-16(23)17(11-27-15-13-5-3-4-6-14(13)29-22-15)9-7-12(8-10-17)28-30(24,25)18(19,20)21/h3-7H,2,8-11H2,1H3. The minimum atomic E-state index is -5.76. The second-order valence-corrected chi connectivity index (χ2v) is 8.97. The number of hydrogen-bond acceptors (Lipinski definition) is 8. The molecule has 0 saturated carbocycles. The third kappa shape index (κ3) is 4.53. The first-order valence-electron chi connectivity index (χ1n) is 8.92. The Kier molecular flexibility index (Phi) is 6.27. The summed E-state index contributed by atoms with van der Waals surface area (Å²) in [5.41, 5.74) is -6.73. The SMILES string of the molecule is CCOC(=O)C1(COc2nsc3ccccc23)CC=C(OS(=O)(=O)C(F)(F)F)CC1. The molecule has 1 aliphatic rings. The van der Waals surface area contributed by atoms with E-state index in [1.54, 1.807) is 6.92 Å². The summed E-state index contributed by atoms with van der Waals surface area (Å²) in [6.07, 6.45) is 0.852. The Hall–Kier alpha value is -2.34. The number of halogens is 3. The molecule has 1 aromatic heterocycles. The van der Waals surface area contributed by atoms with Crippen LogP contribution in [-0.2, 0) is 23.8 Å². The van der Waals surface area contributed by atoms with E-state index >= 15 is 0 Å². The van der Waals surface area contributed by atoms with E-state index in [9.17, 15) is 26.4 Å². The van der Waals surface area contributed by atoms with Crippen molar-refractivity contribution in [3.63, 3.8) is 0 Å². The first-order valence-corrected chi connectivity index (χ1v) is 11.1. The molecule has 0 saturated heterocycles. The van der Waals surface area contributed by atoms with E-state index in [2.05, 4.69) is 8.56 Å². The van der Waals surface area contributed by atoms with Crippen LogP contribution >= 0.6 is 11.5 Å². The minimum absolute atomic E-state index is 0.00683. The zero-order valence-electron chi connectivity index (χ0n) is 15.8. The van der Waals surface area contributed by atoms with Crippen molar-refractivity contribution in [2.45, 2.75) is 31.7 Å². The van der Waals surface area contributed by atoms with Gasteiger partial charge in [-0.1, -0.05) is 12.1 Å². The van der Waals surface area contributed by atoms with Gasteiger partial charge in [-0.15, -0.1) is 0 Å². The van der Waals surface area contributed by atoms with Gasteiger partial charge in [-0.05, 0) is 49.5 Å². The lowest BCUT2D eigenvalue weighted by Gasteiger charge is -2.33. The van der Waals surface area contributed by atoms with Gasteiger partial charge in [-0.3, -0.25) is 4.79 Å². The second-order valence-electron chi connectivity index (χ2n) is 6.63. The van der Waals surface area contributed by atoms with E-state index in [0.29, 0.717) is 5.88 Å². The maximum absolute atomic E-state index is 12.6. The highest BCUT2D eigenvalue weighted by Crippen LogP contribution is 2.40. The van der Waals surface area contributed by atoms with Crippen molar-refractivity contribution in [2.24, 2.45) is 5.41 Å². The van der Waals surface area contributed by atoms with Crippen LogP contribution < -0.4 is 4.74 Å². The zero-order valence-corrected chi connectivity index (χ0v) is 17.4. The number of nitrogens with zero attached hydrogens (tertiary/aromatic N) is 1. The molecule has 164 valence electrons. The van der Waals surface area contributed by atoms with Crippen molar-refractivity contribution in [2.75, 3.05) is 13.2 Å². The van der Waals surface area contributed by atoms with E-state index in [1.165, 1.54) is 11.5 Å². The molecular formula is C18H18F3NO6S2.